The molecule has 0 bridgehead atoms. The van der Waals surface area contributed by atoms with Gasteiger partial charge in [0.05, 0.1) is 22.4 Å². The lowest BCUT2D eigenvalue weighted by molar-refractivity contribution is 0.589. The smallest absolute Gasteiger partial charge is 0.153 e. The lowest BCUT2D eigenvalue weighted by atomic mass is 10.2. The molecule has 0 saturated heterocycles. The first-order valence-corrected chi connectivity index (χ1v) is 6.17. The highest BCUT2D eigenvalue weighted by molar-refractivity contribution is 5.80. The quantitative estimate of drug-likeness (QED) is 0.617. The number of aromatic nitrogens is 3. The van der Waals surface area contributed by atoms with E-state index in [0.717, 1.165) is 17.3 Å². The first kappa shape index (κ1) is 13.4. The van der Waals surface area contributed by atoms with E-state index in [4.69, 9.17) is 0 Å². The van der Waals surface area contributed by atoms with Crippen molar-refractivity contribution >= 4 is 16.6 Å². The Hall–Kier alpha value is -2.04. The van der Waals surface area contributed by atoms with Gasteiger partial charge in [-0.3, -0.25) is 4.40 Å². The topological polar surface area (TPSA) is 30.2 Å². The van der Waals surface area contributed by atoms with Gasteiger partial charge >= 0.3 is 0 Å². The molecule has 19 heavy (non-hydrogen) atoms. The maximum atomic E-state index is 13.6. The van der Waals surface area contributed by atoms with Crippen LogP contribution in [-0.2, 0) is 0 Å². The van der Waals surface area contributed by atoms with Gasteiger partial charge in [0.15, 0.2) is 5.82 Å². The molecule has 0 saturated carbocycles. The minimum absolute atomic E-state index is 0.161. The summed E-state index contributed by atoms with van der Waals surface area (Å²) in [4.78, 5) is 8.32. The average Bonchev–Trinajstić information content (AvgIpc) is 2.77. The molecule has 0 aliphatic rings. The molecule has 100 valence electrons. The van der Waals surface area contributed by atoms with Crippen molar-refractivity contribution in [3.05, 3.63) is 41.5 Å². The Bertz CT molecular complexity index is 747. The third-order valence-corrected chi connectivity index (χ3v) is 2.84. The summed E-state index contributed by atoms with van der Waals surface area (Å²) in [7, 11) is 0. The van der Waals surface area contributed by atoms with E-state index in [2.05, 4.69) is 9.97 Å². The molecule has 0 amide bonds. The lowest BCUT2D eigenvalue weighted by Gasteiger charge is -2.06. The van der Waals surface area contributed by atoms with Crippen molar-refractivity contribution in [3.63, 3.8) is 0 Å². The molecular weight excluding hydrogens is 248 g/mol. The van der Waals surface area contributed by atoms with E-state index in [-0.39, 0.29) is 5.52 Å². The van der Waals surface area contributed by atoms with Gasteiger partial charge < -0.3 is 0 Å². The second-order valence-corrected chi connectivity index (χ2v) is 4.00. The molecule has 2 aromatic heterocycles. The zero-order valence-corrected chi connectivity index (χ0v) is 11.3. The van der Waals surface area contributed by atoms with Crippen LogP contribution in [0.25, 0.3) is 16.6 Å². The van der Waals surface area contributed by atoms with Gasteiger partial charge in [0.25, 0.3) is 0 Å². The number of fused-ring (bicyclic) bond motifs is 3. The summed E-state index contributed by atoms with van der Waals surface area (Å²) in [5.41, 5.74) is 2.82. The van der Waals surface area contributed by atoms with Crippen molar-refractivity contribution in [1.29, 1.82) is 0 Å². The van der Waals surface area contributed by atoms with Crippen LogP contribution in [0.1, 0.15) is 25.2 Å². The molecule has 2 heterocycles. The number of halogens is 2. The first-order valence-electron chi connectivity index (χ1n) is 6.17. The minimum Gasteiger partial charge on any atom is -0.295 e. The molecule has 3 nitrogen and oxygen atoms in total. The molecule has 5 heteroatoms. The summed E-state index contributed by atoms with van der Waals surface area (Å²) >= 11 is 0. The zero-order valence-electron chi connectivity index (χ0n) is 11.3. The number of imidazole rings is 1. The molecule has 0 radical (unpaired) electrons. The number of nitrogens with zero attached hydrogens (tertiary/aromatic N) is 3. The Labute approximate surface area is 109 Å². The summed E-state index contributed by atoms with van der Waals surface area (Å²) in [6.07, 6.45) is 1.56. The van der Waals surface area contributed by atoms with Crippen molar-refractivity contribution in [3.8, 4) is 0 Å². The predicted molar refractivity (Wildman–Crippen MR) is 71.2 cm³/mol. The zero-order chi connectivity index (χ0) is 14.2. The van der Waals surface area contributed by atoms with Crippen LogP contribution in [0.2, 0.25) is 0 Å². The Kier molecular flexibility index (Phi) is 3.46. The van der Waals surface area contributed by atoms with E-state index in [9.17, 15) is 8.78 Å². The van der Waals surface area contributed by atoms with E-state index in [1.165, 1.54) is 6.07 Å². The van der Waals surface area contributed by atoms with Crippen LogP contribution in [0.3, 0.4) is 0 Å². The van der Waals surface area contributed by atoms with E-state index < -0.39 is 11.6 Å². The Morgan fingerprint density at radius 2 is 1.74 bits per heavy atom. The Balaban J connectivity index is 0.000000637. The molecule has 0 aliphatic heterocycles. The van der Waals surface area contributed by atoms with E-state index >= 15 is 0 Å². The highest BCUT2D eigenvalue weighted by atomic mass is 19.1. The van der Waals surface area contributed by atoms with Crippen LogP contribution in [0.5, 0.6) is 0 Å². The van der Waals surface area contributed by atoms with Crippen LogP contribution in [0, 0.1) is 25.5 Å². The normalized spacial score (nSPS) is 10.6. The van der Waals surface area contributed by atoms with E-state index in [1.54, 1.807) is 17.7 Å². The standard InChI is InChI=1S/C12H9F2N3.C2H6/c1-6-12-7(2)16-11-9(14)3-8(13)4-10(11)17(12)5-15-6;1-2/h3-5H,1-2H3;1-2H3. The molecule has 0 atom stereocenters. The lowest BCUT2D eigenvalue weighted by Crippen LogP contribution is -1.97. The monoisotopic (exact) mass is 263 g/mol. The van der Waals surface area contributed by atoms with Gasteiger partial charge in [0, 0.05) is 12.1 Å². The van der Waals surface area contributed by atoms with Gasteiger partial charge in [0.2, 0.25) is 0 Å². The molecule has 3 rings (SSSR count). The predicted octanol–water partition coefficient (Wildman–Crippen LogP) is 3.80. The summed E-state index contributed by atoms with van der Waals surface area (Å²) in [5.74, 6) is -1.27. The molecule has 0 aliphatic carbocycles. The van der Waals surface area contributed by atoms with Crippen molar-refractivity contribution < 1.29 is 8.78 Å². The summed E-state index contributed by atoms with van der Waals surface area (Å²) in [6.45, 7) is 7.62. The van der Waals surface area contributed by atoms with Crippen molar-refractivity contribution in [1.82, 2.24) is 14.4 Å². The van der Waals surface area contributed by atoms with Crippen molar-refractivity contribution in [2.75, 3.05) is 0 Å². The largest absolute Gasteiger partial charge is 0.295 e. The highest BCUT2D eigenvalue weighted by Crippen LogP contribution is 2.22. The molecule has 1 aromatic carbocycles. The second-order valence-electron chi connectivity index (χ2n) is 4.00. The fourth-order valence-corrected chi connectivity index (χ4v) is 2.12. The summed E-state index contributed by atoms with van der Waals surface area (Å²) in [5, 5.41) is 0. The maximum Gasteiger partial charge on any atom is 0.153 e. The van der Waals surface area contributed by atoms with Crippen molar-refractivity contribution in [2.24, 2.45) is 0 Å². The van der Waals surface area contributed by atoms with Crippen LogP contribution in [-0.4, -0.2) is 14.4 Å². The number of rotatable bonds is 0. The number of benzene rings is 1. The minimum atomic E-state index is -0.656. The molecule has 0 fully saturated rings. The molecule has 3 aromatic rings. The van der Waals surface area contributed by atoms with Gasteiger partial charge in [0.1, 0.15) is 17.7 Å². The second kappa shape index (κ2) is 4.91. The van der Waals surface area contributed by atoms with Gasteiger partial charge in [-0.1, -0.05) is 13.8 Å². The van der Waals surface area contributed by atoms with E-state index in [1.807, 2.05) is 20.8 Å². The fourth-order valence-electron chi connectivity index (χ4n) is 2.12. The van der Waals surface area contributed by atoms with Gasteiger partial charge in [-0.15, -0.1) is 0 Å². The summed E-state index contributed by atoms with van der Waals surface area (Å²) < 4.78 is 28.5. The highest BCUT2D eigenvalue weighted by Gasteiger charge is 2.13. The number of hydrogen-bond donors (Lipinski definition) is 0. The van der Waals surface area contributed by atoms with Crippen LogP contribution in [0.4, 0.5) is 8.78 Å². The van der Waals surface area contributed by atoms with Gasteiger partial charge in [-0.25, -0.2) is 18.7 Å². The Morgan fingerprint density at radius 1 is 1.05 bits per heavy atom. The third kappa shape index (κ3) is 2.05. The Morgan fingerprint density at radius 3 is 2.42 bits per heavy atom. The molecule has 0 unspecified atom stereocenters. The van der Waals surface area contributed by atoms with Crippen LogP contribution in [0.15, 0.2) is 18.5 Å². The molecular formula is C14H15F2N3. The fraction of sp³-hybridized carbons (Fsp3) is 0.286. The van der Waals surface area contributed by atoms with Crippen molar-refractivity contribution in [2.45, 2.75) is 27.7 Å². The third-order valence-electron chi connectivity index (χ3n) is 2.84. The maximum absolute atomic E-state index is 13.6. The summed E-state index contributed by atoms with van der Waals surface area (Å²) in [6, 6.07) is 2.10. The average molecular weight is 263 g/mol. The van der Waals surface area contributed by atoms with Gasteiger partial charge in [-0.2, -0.15) is 0 Å². The first-order chi connectivity index (χ1) is 9.08. The number of aryl methyl sites for hydroxylation is 2. The molecule has 0 N–H and O–H groups in total. The SMILES string of the molecule is CC.Cc1ncn2c1c(C)nc1c(F)cc(F)cc12. The number of hydrogen-bond acceptors (Lipinski definition) is 2. The van der Waals surface area contributed by atoms with Gasteiger partial charge in [-0.05, 0) is 13.8 Å². The van der Waals surface area contributed by atoms with E-state index in [0.29, 0.717) is 11.2 Å². The van der Waals surface area contributed by atoms with Crippen LogP contribution >= 0.6 is 0 Å². The molecule has 0 spiro atoms. The van der Waals surface area contributed by atoms with Crippen LogP contribution < -0.4 is 0 Å².